The first kappa shape index (κ1) is 7.40. The Labute approximate surface area is 80.3 Å². The van der Waals surface area contributed by atoms with Crippen molar-refractivity contribution in [2.45, 2.75) is 13.3 Å². The molecule has 0 bridgehead atoms. The average molecular weight is 259 g/mol. The molecule has 0 saturated carbocycles. The zero-order valence-electron chi connectivity index (χ0n) is 6.45. The second-order valence-corrected chi connectivity index (χ2v) is 4.18. The minimum absolute atomic E-state index is 1.11. The third kappa shape index (κ3) is 1.24. The zero-order valence-corrected chi connectivity index (χ0v) is 8.60. The Balaban J connectivity index is 2.60. The van der Waals surface area contributed by atoms with Crippen molar-refractivity contribution < 1.29 is 0 Å². The first-order valence-electron chi connectivity index (χ1n) is 3.80. The molecule has 1 N–H and O–H groups in total. The zero-order chi connectivity index (χ0) is 7.84. The van der Waals surface area contributed by atoms with Crippen LogP contribution in [0.25, 0.3) is 0 Å². The molecule has 1 aromatic rings. The predicted octanol–water partition coefficient (Wildman–Crippen LogP) is 2.57. The van der Waals surface area contributed by atoms with Crippen LogP contribution in [0.3, 0.4) is 0 Å². The Morgan fingerprint density at radius 3 is 3.09 bits per heavy atom. The molecule has 0 aliphatic carbocycles. The summed E-state index contributed by atoms with van der Waals surface area (Å²) in [5, 5.41) is 3.39. The van der Waals surface area contributed by atoms with Crippen LogP contribution in [0.2, 0.25) is 0 Å². The van der Waals surface area contributed by atoms with Crippen molar-refractivity contribution in [3.8, 4) is 0 Å². The Hall–Kier alpha value is -0.250. The van der Waals surface area contributed by atoms with Gasteiger partial charge in [-0.1, -0.05) is 0 Å². The largest absolute Gasteiger partial charge is 0.384 e. The van der Waals surface area contributed by atoms with Crippen LogP contribution >= 0.6 is 22.6 Å². The van der Waals surface area contributed by atoms with Crippen molar-refractivity contribution >= 4 is 28.3 Å². The molecule has 0 unspecified atom stereocenters. The lowest BCUT2D eigenvalue weighted by atomic mass is 10.1. The third-order valence-corrected chi connectivity index (χ3v) is 2.70. The number of fused-ring (bicyclic) bond motifs is 1. The molecular formula is C9H10IN. The number of rotatable bonds is 0. The van der Waals surface area contributed by atoms with Gasteiger partial charge in [-0.15, -0.1) is 0 Å². The molecule has 1 aromatic carbocycles. The molecule has 58 valence electrons. The van der Waals surface area contributed by atoms with Gasteiger partial charge in [-0.3, -0.25) is 0 Å². The van der Waals surface area contributed by atoms with E-state index < -0.39 is 0 Å². The Bertz CT molecular complexity index is 294. The van der Waals surface area contributed by atoms with Crippen LogP contribution in [0.1, 0.15) is 11.1 Å². The van der Waals surface area contributed by atoms with Crippen LogP contribution < -0.4 is 5.32 Å². The molecule has 0 saturated heterocycles. The van der Waals surface area contributed by atoms with Gasteiger partial charge in [0.2, 0.25) is 0 Å². The van der Waals surface area contributed by atoms with E-state index in [-0.39, 0.29) is 0 Å². The van der Waals surface area contributed by atoms with E-state index in [0.29, 0.717) is 0 Å². The van der Waals surface area contributed by atoms with Crippen LogP contribution in [-0.4, -0.2) is 6.54 Å². The van der Waals surface area contributed by atoms with Gasteiger partial charge in [0.15, 0.2) is 0 Å². The number of halogens is 1. The standard InChI is InChI=1S/C9H10IN/c1-6-4-8(10)5-7-2-3-11-9(6)7/h4-5,11H,2-3H2,1H3. The molecule has 0 atom stereocenters. The van der Waals surface area contributed by atoms with E-state index in [1.54, 1.807) is 0 Å². The quantitative estimate of drug-likeness (QED) is 0.706. The summed E-state index contributed by atoms with van der Waals surface area (Å²) in [6, 6.07) is 4.49. The van der Waals surface area contributed by atoms with Gasteiger partial charge in [0.1, 0.15) is 0 Å². The second-order valence-electron chi connectivity index (χ2n) is 2.93. The van der Waals surface area contributed by atoms with Crippen LogP contribution in [0.15, 0.2) is 12.1 Å². The number of aryl methyl sites for hydroxylation is 1. The molecule has 1 heterocycles. The van der Waals surface area contributed by atoms with Gasteiger partial charge in [-0.2, -0.15) is 0 Å². The van der Waals surface area contributed by atoms with E-state index >= 15 is 0 Å². The fraction of sp³-hybridized carbons (Fsp3) is 0.333. The van der Waals surface area contributed by atoms with E-state index in [0.717, 1.165) is 6.54 Å². The van der Waals surface area contributed by atoms with Crippen molar-refractivity contribution in [3.63, 3.8) is 0 Å². The van der Waals surface area contributed by atoms with Gasteiger partial charge in [0.05, 0.1) is 0 Å². The number of benzene rings is 1. The Morgan fingerprint density at radius 2 is 2.27 bits per heavy atom. The summed E-state index contributed by atoms with van der Waals surface area (Å²) < 4.78 is 1.35. The first-order chi connectivity index (χ1) is 5.27. The summed E-state index contributed by atoms with van der Waals surface area (Å²) in [5.74, 6) is 0. The maximum absolute atomic E-state index is 3.39. The molecule has 2 heteroatoms. The highest BCUT2D eigenvalue weighted by Gasteiger charge is 2.11. The van der Waals surface area contributed by atoms with Gasteiger partial charge < -0.3 is 5.32 Å². The molecule has 0 fully saturated rings. The summed E-state index contributed by atoms with van der Waals surface area (Å²) in [6.07, 6.45) is 1.19. The number of anilines is 1. The van der Waals surface area contributed by atoms with Gasteiger partial charge in [-0.05, 0) is 59.2 Å². The number of hydrogen-bond donors (Lipinski definition) is 1. The van der Waals surface area contributed by atoms with E-state index in [1.165, 1.54) is 26.8 Å². The highest BCUT2D eigenvalue weighted by Crippen LogP contribution is 2.27. The van der Waals surface area contributed by atoms with Gasteiger partial charge in [0, 0.05) is 15.8 Å². The van der Waals surface area contributed by atoms with Gasteiger partial charge in [0.25, 0.3) is 0 Å². The highest BCUT2D eigenvalue weighted by molar-refractivity contribution is 14.1. The van der Waals surface area contributed by atoms with Crippen LogP contribution in [-0.2, 0) is 6.42 Å². The number of hydrogen-bond acceptors (Lipinski definition) is 1. The molecule has 0 aromatic heterocycles. The molecule has 2 rings (SSSR count). The van der Waals surface area contributed by atoms with Crippen LogP contribution in [0.5, 0.6) is 0 Å². The summed E-state index contributed by atoms with van der Waals surface area (Å²) in [4.78, 5) is 0. The molecule has 11 heavy (non-hydrogen) atoms. The SMILES string of the molecule is Cc1cc(I)cc2c1NCC2. The molecule has 1 nitrogen and oxygen atoms in total. The molecule has 0 spiro atoms. The summed E-state index contributed by atoms with van der Waals surface area (Å²) in [6.45, 7) is 3.27. The fourth-order valence-electron chi connectivity index (χ4n) is 1.58. The van der Waals surface area contributed by atoms with E-state index in [2.05, 4.69) is 47.0 Å². The fourth-order valence-corrected chi connectivity index (χ4v) is 2.43. The van der Waals surface area contributed by atoms with Crippen LogP contribution in [0, 0.1) is 10.5 Å². The topological polar surface area (TPSA) is 12.0 Å². The molecule has 1 aliphatic rings. The monoisotopic (exact) mass is 259 g/mol. The average Bonchev–Trinajstić information content (AvgIpc) is 2.34. The Morgan fingerprint density at radius 1 is 1.45 bits per heavy atom. The van der Waals surface area contributed by atoms with E-state index in [1.807, 2.05) is 0 Å². The van der Waals surface area contributed by atoms with Crippen molar-refractivity contribution in [1.29, 1.82) is 0 Å². The Kier molecular flexibility index (Phi) is 1.79. The lowest BCUT2D eigenvalue weighted by molar-refractivity contribution is 1.10. The normalized spacial score (nSPS) is 14.4. The smallest absolute Gasteiger partial charge is 0.0403 e. The lowest BCUT2D eigenvalue weighted by Gasteiger charge is -2.04. The first-order valence-corrected chi connectivity index (χ1v) is 4.88. The number of nitrogens with one attached hydrogen (secondary N) is 1. The highest BCUT2D eigenvalue weighted by atomic mass is 127. The molecule has 1 aliphatic heterocycles. The summed E-state index contributed by atoms with van der Waals surface area (Å²) >= 11 is 2.37. The summed E-state index contributed by atoms with van der Waals surface area (Å²) in [7, 11) is 0. The predicted molar refractivity (Wildman–Crippen MR) is 56.1 cm³/mol. The summed E-state index contributed by atoms with van der Waals surface area (Å²) in [5.41, 5.74) is 4.23. The molecule has 0 radical (unpaired) electrons. The second kappa shape index (κ2) is 2.66. The van der Waals surface area contributed by atoms with E-state index in [9.17, 15) is 0 Å². The van der Waals surface area contributed by atoms with Crippen molar-refractivity contribution in [2.75, 3.05) is 11.9 Å². The maximum atomic E-state index is 3.39. The van der Waals surface area contributed by atoms with Crippen molar-refractivity contribution in [3.05, 3.63) is 26.8 Å². The minimum Gasteiger partial charge on any atom is -0.384 e. The van der Waals surface area contributed by atoms with Crippen molar-refractivity contribution in [1.82, 2.24) is 0 Å². The van der Waals surface area contributed by atoms with E-state index in [4.69, 9.17) is 0 Å². The minimum atomic E-state index is 1.11. The van der Waals surface area contributed by atoms with Gasteiger partial charge >= 0.3 is 0 Å². The maximum Gasteiger partial charge on any atom is 0.0403 e. The molecule has 0 amide bonds. The third-order valence-electron chi connectivity index (χ3n) is 2.08. The van der Waals surface area contributed by atoms with Gasteiger partial charge in [-0.25, -0.2) is 0 Å². The molecular weight excluding hydrogens is 249 g/mol. The van der Waals surface area contributed by atoms with Crippen LogP contribution in [0.4, 0.5) is 5.69 Å². The van der Waals surface area contributed by atoms with Crippen molar-refractivity contribution in [2.24, 2.45) is 0 Å². The lowest BCUT2D eigenvalue weighted by Crippen LogP contribution is -1.92.